The molecule has 0 N–H and O–H groups in total. The SMILES string of the molecule is C=C(F)C(F)(F)OC(F)(F)C(C)C(F)(F)F.C=C(F)C(F)(F)OC(F)(F)CC(F)(F)F.CCF.F. The first-order valence-corrected chi connectivity index (χ1v) is 7.88. The topological polar surface area (TPSA) is 18.5 Å². The van der Waals surface area contributed by atoms with Crippen LogP contribution in [0.1, 0.15) is 20.3 Å². The van der Waals surface area contributed by atoms with Gasteiger partial charge in [-0.05, 0) is 13.8 Å². The van der Waals surface area contributed by atoms with Gasteiger partial charge in [-0.25, -0.2) is 18.3 Å². The van der Waals surface area contributed by atoms with Gasteiger partial charge < -0.3 is 0 Å². The molecule has 0 radical (unpaired) electrons. The average Bonchev–Trinajstić information content (AvgIpc) is 2.49. The Kier molecular flexibility index (Phi) is 16.2. The molecule has 35 heavy (non-hydrogen) atoms. The van der Waals surface area contributed by atoms with E-state index in [-0.39, 0.29) is 18.3 Å². The van der Waals surface area contributed by atoms with E-state index in [2.05, 4.69) is 9.47 Å². The zero-order chi connectivity index (χ0) is 28.6. The van der Waals surface area contributed by atoms with Gasteiger partial charge in [-0.15, -0.1) is 0 Å². The van der Waals surface area contributed by atoms with E-state index < -0.39 is 60.8 Å². The molecule has 0 spiro atoms. The molecule has 0 fully saturated rings. The fourth-order valence-electron chi connectivity index (χ4n) is 1.02. The molecule has 0 aliphatic heterocycles. The van der Waals surface area contributed by atoms with Crippen LogP contribution in [0.5, 0.6) is 0 Å². The van der Waals surface area contributed by atoms with Crippen LogP contribution >= 0.6 is 0 Å². The van der Waals surface area contributed by atoms with Gasteiger partial charge in [0.15, 0.2) is 11.7 Å². The molecule has 0 aliphatic rings. The number of halogens is 18. The monoisotopic (exact) mass is 570 g/mol. The molecule has 0 aromatic carbocycles. The maximum absolute atomic E-state index is 12.5. The Morgan fingerprint density at radius 3 is 1.23 bits per heavy atom. The summed E-state index contributed by atoms with van der Waals surface area (Å²) < 4.78 is 206. The fraction of sp³-hybridized carbons (Fsp3) is 0.733. The number of alkyl halides is 15. The van der Waals surface area contributed by atoms with Gasteiger partial charge in [0.25, 0.3) is 0 Å². The van der Waals surface area contributed by atoms with Gasteiger partial charge >= 0.3 is 36.8 Å². The summed E-state index contributed by atoms with van der Waals surface area (Å²) in [5.74, 6) is -8.73. The van der Waals surface area contributed by atoms with E-state index in [1.54, 1.807) is 0 Å². The van der Waals surface area contributed by atoms with Crippen molar-refractivity contribution in [3.8, 4) is 0 Å². The lowest BCUT2D eigenvalue weighted by molar-refractivity contribution is -0.406. The number of rotatable bonds is 8. The summed E-state index contributed by atoms with van der Waals surface area (Å²) >= 11 is 0. The van der Waals surface area contributed by atoms with Crippen molar-refractivity contribution in [2.24, 2.45) is 5.92 Å². The molecule has 1 atom stereocenters. The number of ether oxygens (including phenoxy) is 2. The first-order valence-electron chi connectivity index (χ1n) is 7.88. The van der Waals surface area contributed by atoms with Crippen LogP contribution in [0.2, 0.25) is 0 Å². The zero-order valence-electron chi connectivity index (χ0n) is 17.1. The Morgan fingerprint density at radius 2 is 1.00 bits per heavy atom. The van der Waals surface area contributed by atoms with Gasteiger partial charge in [-0.3, -0.25) is 9.09 Å². The molecule has 0 aromatic rings. The predicted molar refractivity (Wildman–Crippen MR) is 82.5 cm³/mol. The Balaban J connectivity index is -0.000000241. The fourth-order valence-corrected chi connectivity index (χ4v) is 1.02. The highest BCUT2D eigenvalue weighted by Crippen LogP contribution is 2.43. The van der Waals surface area contributed by atoms with Crippen molar-refractivity contribution in [1.29, 1.82) is 0 Å². The molecule has 0 aliphatic carbocycles. The minimum atomic E-state index is -5.46. The van der Waals surface area contributed by atoms with Crippen molar-refractivity contribution < 1.29 is 88.8 Å². The summed E-state index contributed by atoms with van der Waals surface area (Å²) in [5.41, 5.74) is 0. The third kappa shape index (κ3) is 18.1. The molecular formula is C15H16F18O2. The highest BCUT2D eigenvalue weighted by molar-refractivity contribution is 4.92. The second-order valence-electron chi connectivity index (χ2n) is 5.57. The summed E-state index contributed by atoms with van der Waals surface area (Å²) in [5, 5.41) is 0. The Bertz CT molecular complexity index is 637. The van der Waals surface area contributed by atoms with E-state index in [4.69, 9.17) is 0 Å². The second-order valence-corrected chi connectivity index (χ2v) is 5.57. The van der Waals surface area contributed by atoms with Crippen molar-refractivity contribution in [2.75, 3.05) is 6.67 Å². The van der Waals surface area contributed by atoms with Crippen LogP contribution in [0.3, 0.4) is 0 Å². The quantitative estimate of drug-likeness (QED) is 0.272. The summed E-state index contributed by atoms with van der Waals surface area (Å²) in [7, 11) is 0. The van der Waals surface area contributed by atoms with Crippen LogP contribution in [-0.4, -0.2) is 43.5 Å². The molecule has 0 amide bonds. The van der Waals surface area contributed by atoms with E-state index in [1.165, 1.54) is 6.92 Å². The molecule has 0 heterocycles. The first-order chi connectivity index (χ1) is 14.6. The average molecular weight is 570 g/mol. The van der Waals surface area contributed by atoms with Gasteiger partial charge in [-0.2, -0.15) is 61.5 Å². The molecule has 2 nitrogen and oxygen atoms in total. The number of hydrogen-bond donors (Lipinski definition) is 0. The molecule has 0 rings (SSSR count). The van der Waals surface area contributed by atoms with Crippen molar-refractivity contribution in [2.45, 2.75) is 57.1 Å². The third-order valence-corrected chi connectivity index (χ3v) is 2.57. The van der Waals surface area contributed by atoms with Gasteiger partial charge in [0.2, 0.25) is 0 Å². The maximum Gasteiger partial charge on any atom is 0.413 e. The van der Waals surface area contributed by atoms with Crippen LogP contribution in [0.4, 0.5) is 79.3 Å². The van der Waals surface area contributed by atoms with Gasteiger partial charge in [0, 0.05) is 0 Å². The van der Waals surface area contributed by atoms with Gasteiger partial charge in [-0.1, -0.05) is 13.2 Å². The lowest BCUT2D eigenvalue weighted by Gasteiger charge is -2.28. The van der Waals surface area contributed by atoms with E-state index in [9.17, 15) is 74.6 Å². The van der Waals surface area contributed by atoms with E-state index in [0.717, 1.165) is 0 Å². The molecule has 0 saturated heterocycles. The maximum atomic E-state index is 12.5. The Morgan fingerprint density at radius 1 is 0.714 bits per heavy atom. The van der Waals surface area contributed by atoms with Crippen LogP contribution in [0.25, 0.3) is 0 Å². The highest BCUT2D eigenvalue weighted by Gasteiger charge is 2.59. The predicted octanol–water partition coefficient (Wildman–Crippen LogP) is 8.62. The Labute approximate surface area is 184 Å². The standard InChI is InChI=1S/C7H6F8O.C6H4F8O.C2H5F.FH/c1-3(5(9,10)11)6(12,13)16-7(14,15)4(2)8;1-3(7)6(13,14)15-5(11,12)2-4(8,9)10;1-2-3;/h3H,2H2,1H3;1-2H2;2H2,1H3;1H. The van der Waals surface area contributed by atoms with Crippen LogP contribution in [-0.2, 0) is 9.47 Å². The normalized spacial score (nSPS) is 13.9. The van der Waals surface area contributed by atoms with Gasteiger partial charge in [0.1, 0.15) is 12.3 Å². The molecule has 0 bridgehead atoms. The first kappa shape index (κ1) is 40.3. The largest absolute Gasteiger partial charge is 0.413 e. The Hall–Kier alpha value is -1.86. The van der Waals surface area contributed by atoms with Crippen LogP contribution in [0.15, 0.2) is 24.8 Å². The number of hydrogen-bond acceptors (Lipinski definition) is 2. The van der Waals surface area contributed by atoms with Crippen molar-refractivity contribution in [1.82, 2.24) is 0 Å². The third-order valence-electron chi connectivity index (χ3n) is 2.57. The summed E-state index contributed by atoms with van der Waals surface area (Å²) in [6.45, 7) is 5.06. The second kappa shape index (κ2) is 14.0. The minimum Gasteiger partial charge on any atom is -0.269 e. The van der Waals surface area contributed by atoms with Crippen molar-refractivity contribution in [3.63, 3.8) is 0 Å². The van der Waals surface area contributed by atoms with Crippen LogP contribution < -0.4 is 0 Å². The summed E-state index contributed by atoms with van der Waals surface area (Å²) in [6, 6.07) is 0. The van der Waals surface area contributed by atoms with Crippen molar-refractivity contribution >= 4 is 0 Å². The highest BCUT2D eigenvalue weighted by atomic mass is 19.4. The molecule has 0 saturated carbocycles. The molecule has 214 valence electrons. The molecule has 20 heteroatoms. The lowest BCUT2D eigenvalue weighted by atomic mass is 10.1. The minimum absolute atomic E-state index is 0. The van der Waals surface area contributed by atoms with E-state index in [1.807, 2.05) is 13.2 Å². The summed E-state index contributed by atoms with van der Waals surface area (Å²) in [6.07, 6.45) is -34.7. The zero-order valence-corrected chi connectivity index (χ0v) is 17.1. The van der Waals surface area contributed by atoms with E-state index >= 15 is 0 Å². The van der Waals surface area contributed by atoms with Crippen molar-refractivity contribution in [3.05, 3.63) is 24.8 Å². The molecular weight excluding hydrogens is 554 g/mol. The smallest absolute Gasteiger partial charge is 0.269 e. The van der Waals surface area contributed by atoms with Crippen LogP contribution in [0, 0.1) is 5.92 Å². The van der Waals surface area contributed by atoms with Gasteiger partial charge in [0.05, 0.1) is 6.67 Å². The molecule has 0 aromatic heterocycles. The molecule has 1 unspecified atom stereocenters. The summed E-state index contributed by atoms with van der Waals surface area (Å²) in [4.78, 5) is 0. The van der Waals surface area contributed by atoms with E-state index in [0.29, 0.717) is 0 Å². The lowest BCUT2D eigenvalue weighted by Crippen LogP contribution is -2.44.